The molecule has 1 N–H and O–H groups in total. The van der Waals surface area contributed by atoms with E-state index in [1.165, 1.54) is 14.2 Å². The number of aryl methyl sites for hydroxylation is 1. The van der Waals surface area contributed by atoms with Crippen molar-refractivity contribution < 1.29 is 51.8 Å². The van der Waals surface area contributed by atoms with Gasteiger partial charge >= 0.3 is 5.97 Å². The molecule has 7 heteroatoms. The van der Waals surface area contributed by atoms with Crippen LogP contribution in [-0.4, -0.2) is 50.6 Å². The molecule has 0 aromatic heterocycles. The van der Waals surface area contributed by atoms with Gasteiger partial charge in [0.15, 0.2) is 0 Å². The van der Waals surface area contributed by atoms with Crippen LogP contribution in [0, 0.1) is 6.92 Å². The normalized spacial score (nSPS) is 15.1. The number of carbonyl (C=O) groups excluding carboxylic acids is 2. The first-order valence-corrected chi connectivity index (χ1v) is 7.61. The number of anilines is 1. The van der Waals surface area contributed by atoms with Crippen molar-refractivity contribution >= 4 is 17.6 Å². The Morgan fingerprint density at radius 2 is 1.83 bits per heavy atom. The number of nitrogens with one attached hydrogen (secondary N) is 1. The van der Waals surface area contributed by atoms with Gasteiger partial charge in [0.25, 0.3) is 0 Å². The molecular formula is C17H24N2O4Y. The van der Waals surface area contributed by atoms with E-state index in [4.69, 9.17) is 9.47 Å². The molecule has 0 spiro atoms. The van der Waals surface area contributed by atoms with Crippen molar-refractivity contribution in [2.24, 2.45) is 0 Å². The minimum absolute atomic E-state index is 0. The zero-order valence-corrected chi connectivity index (χ0v) is 17.8. The van der Waals surface area contributed by atoms with Crippen LogP contribution in [0.1, 0.15) is 35.2 Å². The van der Waals surface area contributed by atoms with E-state index in [0.717, 1.165) is 24.8 Å². The van der Waals surface area contributed by atoms with Gasteiger partial charge in [-0.15, -0.1) is 0 Å². The third kappa shape index (κ3) is 3.81. The van der Waals surface area contributed by atoms with Gasteiger partial charge in [0.1, 0.15) is 11.3 Å². The van der Waals surface area contributed by atoms with Gasteiger partial charge in [-0.1, -0.05) is 0 Å². The summed E-state index contributed by atoms with van der Waals surface area (Å²) in [6.07, 6.45) is 2.65. The first kappa shape index (κ1) is 21.1. The predicted octanol–water partition coefficient (Wildman–Crippen LogP) is 2.21. The second kappa shape index (κ2) is 8.41. The Morgan fingerprint density at radius 1 is 1.21 bits per heavy atom. The average molecular weight is 409 g/mol. The molecule has 0 aliphatic heterocycles. The standard InChI is InChI=1S/C17H24N2O4.Y/c1-11-9-12(22-4)10-13(15(20)23-5)14(11)18-16(21)17(19(2)3)7-6-8-17;/h9-10H,6-8H2,1-5H3,(H,18,21);. The largest absolute Gasteiger partial charge is 0.497 e. The Balaban J connectivity index is 0.00000288. The Morgan fingerprint density at radius 3 is 2.25 bits per heavy atom. The van der Waals surface area contributed by atoms with E-state index in [9.17, 15) is 9.59 Å². The van der Waals surface area contributed by atoms with Gasteiger partial charge in [-0.05, 0) is 58.0 Å². The third-order valence-corrected chi connectivity index (χ3v) is 4.65. The Labute approximate surface area is 168 Å². The fourth-order valence-corrected chi connectivity index (χ4v) is 2.93. The second-order valence-electron chi connectivity index (χ2n) is 6.09. The summed E-state index contributed by atoms with van der Waals surface area (Å²) in [4.78, 5) is 26.8. The van der Waals surface area contributed by atoms with Gasteiger partial charge in [-0.3, -0.25) is 9.69 Å². The zero-order valence-electron chi connectivity index (χ0n) is 14.9. The Hall–Kier alpha value is -0.976. The summed E-state index contributed by atoms with van der Waals surface area (Å²) in [6.45, 7) is 1.83. The summed E-state index contributed by atoms with van der Waals surface area (Å²) in [5.74, 6) is -0.0474. The molecule has 1 saturated carbocycles. The number of amides is 1. The first-order valence-electron chi connectivity index (χ1n) is 7.61. The molecule has 6 nitrogen and oxygen atoms in total. The van der Waals surface area contributed by atoms with Crippen LogP contribution in [-0.2, 0) is 42.2 Å². The number of likely N-dealkylation sites (N-methyl/N-ethyl adjacent to an activating group) is 1. The number of methoxy groups -OCH3 is 2. The van der Waals surface area contributed by atoms with Crippen molar-refractivity contribution in [2.45, 2.75) is 31.7 Å². The van der Waals surface area contributed by atoms with Crippen LogP contribution in [0.2, 0.25) is 0 Å². The summed E-state index contributed by atoms with van der Waals surface area (Å²) in [5, 5.41) is 2.93. The number of carbonyl (C=O) groups is 2. The Bertz CT molecular complexity index is 627. The molecule has 0 heterocycles. The van der Waals surface area contributed by atoms with Gasteiger partial charge in [0, 0.05) is 32.7 Å². The van der Waals surface area contributed by atoms with Crippen molar-refractivity contribution in [1.82, 2.24) is 4.90 Å². The van der Waals surface area contributed by atoms with Crippen LogP contribution in [0.3, 0.4) is 0 Å². The molecule has 1 fully saturated rings. The quantitative estimate of drug-likeness (QED) is 0.756. The number of esters is 1. The first-order chi connectivity index (χ1) is 10.9. The van der Waals surface area contributed by atoms with E-state index in [1.807, 2.05) is 25.9 Å². The van der Waals surface area contributed by atoms with Crippen molar-refractivity contribution in [3.05, 3.63) is 23.3 Å². The minimum Gasteiger partial charge on any atom is -0.497 e. The molecule has 1 aliphatic rings. The number of hydrogen-bond acceptors (Lipinski definition) is 5. The number of rotatable bonds is 5. The van der Waals surface area contributed by atoms with Crippen LogP contribution < -0.4 is 10.1 Å². The molecule has 1 aromatic carbocycles. The van der Waals surface area contributed by atoms with Crippen molar-refractivity contribution in [2.75, 3.05) is 33.6 Å². The maximum absolute atomic E-state index is 12.8. The van der Waals surface area contributed by atoms with Crippen LogP contribution in [0.15, 0.2) is 12.1 Å². The van der Waals surface area contributed by atoms with Crippen molar-refractivity contribution in [1.29, 1.82) is 0 Å². The molecule has 1 aromatic rings. The molecule has 1 amide bonds. The maximum Gasteiger partial charge on any atom is 0.340 e. The second-order valence-corrected chi connectivity index (χ2v) is 6.09. The van der Waals surface area contributed by atoms with Gasteiger partial charge < -0.3 is 14.8 Å². The van der Waals surface area contributed by atoms with Gasteiger partial charge in [-0.2, -0.15) is 0 Å². The molecule has 0 saturated heterocycles. The fourth-order valence-electron chi connectivity index (χ4n) is 2.93. The zero-order chi connectivity index (χ0) is 17.2. The molecule has 2 rings (SSSR count). The van der Waals surface area contributed by atoms with Crippen LogP contribution >= 0.6 is 0 Å². The summed E-state index contributed by atoms with van der Waals surface area (Å²) < 4.78 is 10.0. The van der Waals surface area contributed by atoms with Gasteiger partial charge in [0.2, 0.25) is 5.91 Å². The van der Waals surface area contributed by atoms with Gasteiger partial charge in [-0.25, -0.2) is 4.79 Å². The molecular weight excluding hydrogens is 385 g/mol. The molecule has 0 unspecified atom stereocenters. The monoisotopic (exact) mass is 409 g/mol. The number of ether oxygens (including phenoxy) is 2. The fraction of sp³-hybridized carbons (Fsp3) is 0.529. The molecule has 1 aliphatic carbocycles. The smallest absolute Gasteiger partial charge is 0.340 e. The minimum atomic E-state index is -0.505. The molecule has 0 bridgehead atoms. The van der Waals surface area contributed by atoms with E-state index in [-0.39, 0.29) is 38.6 Å². The Kier molecular flexibility index (Phi) is 7.38. The van der Waals surface area contributed by atoms with Crippen molar-refractivity contribution in [3.8, 4) is 5.75 Å². The van der Waals surface area contributed by atoms with Crippen LogP contribution in [0.5, 0.6) is 5.75 Å². The summed E-state index contributed by atoms with van der Waals surface area (Å²) >= 11 is 0. The number of benzene rings is 1. The summed E-state index contributed by atoms with van der Waals surface area (Å²) in [6, 6.07) is 3.36. The van der Waals surface area contributed by atoms with Crippen LogP contribution in [0.25, 0.3) is 0 Å². The SMILES string of the molecule is COC(=O)c1cc(OC)cc(C)c1NC(=O)C1(N(C)C)CCC1.[Y]. The topological polar surface area (TPSA) is 67.9 Å². The molecule has 0 atom stereocenters. The number of nitrogens with zero attached hydrogens (tertiary/aromatic N) is 1. The maximum atomic E-state index is 12.8. The summed E-state index contributed by atoms with van der Waals surface area (Å²) in [7, 11) is 6.65. The van der Waals surface area contributed by atoms with Gasteiger partial charge in [0.05, 0.1) is 25.5 Å². The summed E-state index contributed by atoms with van der Waals surface area (Å²) in [5.41, 5.74) is 1.03. The van der Waals surface area contributed by atoms with E-state index >= 15 is 0 Å². The van der Waals surface area contributed by atoms with Crippen LogP contribution in [0.4, 0.5) is 5.69 Å². The molecule has 1 radical (unpaired) electrons. The third-order valence-electron chi connectivity index (χ3n) is 4.65. The average Bonchev–Trinajstić information content (AvgIpc) is 2.46. The molecule has 129 valence electrons. The number of hydrogen-bond donors (Lipinski definition) is 1. The molecule has 24 heavy (non-hydrogen) atoms. The van der Waals surface area contributed by atoms with Crippen molar-refractivity contribution in [3.63, 3.8) is 0 Å². The van der Waals surface area contributed by atoms with E-state index < -0.39 is 11.5 Å². The van der Waals surface area contributed by atoms with E-state index in [1.54, 1.807) is 12.1 Å². The predicted molar refractivity (Wildman–Crippen MR) is 88.0 cm³/mol. The van der Waals surface area contributed by atoms with E-state index in [2.05, 4.69) is 5.32 Å². The van der Waals surface area contributed by atoms with E-state index in [0.29, 0.717) is 17.0 Å².